The largest absolute Gasteiger partial charge is 0.444 e. The van der Waals surface area contributed by atoms with Crippen LogP contribution < -0.4 is 5.32 Å². The van der Waals surface area contributed by atoms with Gasteiger partial charge in [0.05, 0.1) is 0 Å². The van der Waals surface area contributed by atoms with Crippen molar-refractivity contribution in [2.45, 2.75) is 19.4 Å². The van der Waals surface area contributed by atoms with E-state index >= 15 is 0 Å². The van der Waals surface area contributed by atoms with Crippen LogP contribution in [0.5, 0.6) is 0 Å². The molecule has 0 radical (unpaired) electrons. The zero-order valence-electron chi connectivity index (χ0n) is 12.0. The molecule has 2 aromatic carbocycles. The topological polar surface area (TPSA) is 25.2 Å². The van der Waals surface area contributed by atoms with Crippen molar-refractivity contribution >= 4 is 22.6 Å². The molecule has 2 nitrogen and oxygen atoms in total. The van der Waals surface area contributed by atoms with Gasteiger partial charge in [-0.15, -0.1) is 0 Å². The predicted molar refractivity (Wildman–Crippen MR) is 87.8 cm³/mol. The van der Waals surface area contributed by atoms with Crippen LogP contribution in [0.3, 0.4) is 0 Å². The van der Waals surface area contributed by atoms with Crippen molar-refractivity contribution in [1.29, 1.82) is 0 Å². The van der Waals surface area contributed by atoms with Gasteiger partial charge in [-0.05, 0) is 29.1 Å². The molecule has 3 heteroatoms. The lowest BCUT2D eigenvalue weighted by molar-refractivity contribution is 0.590. The highest BCUT2D eigenvalue weighted by Crippen LogP contribution is 2.29. The Kier molecular flexibility index (Phi) is 4.28. The fraction of sp³-hybridized carbons (Fsp3) is 0.222. The average Bonchev–Trinajstić information content (AvgIpc) is 2.84. The lowest BCUT2D eigenvalue weighted by Crippen LogP contribution is -2.19. The van der Waals surface area contributed by atoms with Crippen molar-refractivity contribution in [3.63, 3.8) is 0 Å². The summed E-state index contributed by atoms with van der Waals surface area (Å²) in [5.74, 6) is 0.461. The molecule has 3 aromatic rings. The number of para-hydroxylation sites is 1. The van der Waals surface area contributed by atoms with E-state index in [-0.39, 0.29) is 0 Å². The predicted octanol–water partition coefficient (Wildman–Crippen LogP) is 4.98. The van der Waals surface area contributed by atoms with Gasteiger partial charge in [0, 0.05) is 24.0 Å². The second-order valence-electron chi connectivity index (χ2n) is 5.29. The molecule has 1 heterocycles. The first kappa shape index (κ1) is 14.2. The third kappa shape index (κ3) is 3.12. The molecule has 0 bridgehead atoms. The minimum atomic E-state index is 0.461. The molecule has 1 N–H and O–H groups in total. The fourth-order valence-corrected chi connectivity index (χ4v) is 2.80. The summed E-state index contributed by atoms with van der Waals surface area (Å²) in [6.45, 7) is 3.84. The highest BCUT2D eigenvalue weighted by Gasteiger charge is 2.12. The summed E-state index contributed by atoms with van der Waals surface area (Å²) < 4.78 is 5.57. The first-order chi connectivity index (χ1) is 10.3. The molecule has 0 saturated carbocycles. The van der Waals surface area contributed by atoms with E-state index in [4.69, 9.17) is 16.0 Å². The van der Waals surface area contributed by atoms with Crippen LogP contribution >= 0.6 is 11.6 Å². The summed E-state index contributed by atoms with van der Waals surface area (Å²) in [5, 5.41) is 5.04. The Balaban J connectivity index is 1.66. The Morgan fingerprint density at radius 3 is 2.57 bits per heavy atom. The van der Waals surface area contributed by atoms with Crippen molar-refractivity contribution in [3.05, 3.63) is 70.9 Å². The second kappa shape index (κ2) is 6.33. The minimum Gasteiger partial charge on any atom is -0.444 e. The van der Waals surface area contributed by atoms with E-state index in [0.717, 1.165) is 23.1 Å². The molecule has 0 aliphatic heterocycles. The molecule has 0 aliphatic rings. The third-order valence-corrected chi connectivity index (χ3v) is 4.08. The summed E-state index contributed by atoms with van der Waals surface area (Å²) >= 11 is 6.19. The monoisotopic (exact) mass is 299 g/mol. The van der Waals surface area contributed by atoms with E-state index in [1.165, 1.54) is 5.56 Å². The number of fused-ring (bicyclic) bond motifs is 1. The molecular formula is C18H18ClNO. The van der Waals surface area contributed by atoms with Gasteiger partial charge >= 0.3 is 0 Å². The van der Waals surface area contributed by atoms with Gasteiger partial charge in [0.25, 0.3) is 0 Å². The van der Waals surface area contributed by atoms with E-state index < -0.39 is 0 Å². The van der Waals surface area contributed by atoms with Crippen molar-refractivity contribution in [2.24, 2.45) is 0 Å². The van der Waals surface area contributed by atoms with Crippen LogP contribution in [0.1, 0.15) is 24.0 Å². The number of furan rings is 1. The Hall–Kier alpha value is -1.77. The van der Waals surface area contributed by atoms with Crippen molar-refractivity contribution in [1.82, 2.24) is 5.32 Å². The van der Waals surface area contributed by atoms with Gasteiger partial charge in [0.1, 0.15) is 5.58 Å². The summed E-state index contributed by atoms with van der Waals surface area (Å²) in [5.41, 5.74) is 3.22. The highest BCUT2D eigenvalue weighted by atomic mass is 35.5. The van der Waals surface area contributed by atoms with Gasteiger partial charge in [-0.1, -0.05) is 55.5 Å². The lowest BCUT2D eigenvalue weighted by atomic mass is 10.0. The molecule has 0 amide bonds. The zero-order chi connectivity index (χ0) is 14.7. The third-order valence-electron chi connectivity index (χ3n) is 3.77. The molecule has 3 rings (SSSR count). The fourth-order valence-electron chi connectivity index (χ4n) is 2.55. The highest BCUT2D eigenvalue weighted by molar-refractivity contribution is 6.30. The number of rotatable bonds is 5. The van der Waals surface area contributed by atoms with Crippen molar-refractivity contribution < 1.29 is 4.42 Å². The summed E-state index contributed by atoms with van der Waals surface area (Å²) in [7, 11) is 0. The van der Waals surface area contributed by atoms with E-state index in [1.54, 1.807) is 0 Å². The van der Waals surface area contributed by atoms with Gasteiger partial charge in [-0.2, -0.15) is 0 Å². The Bertz CT molecular complexity index is 720. The number of halogens is 1. The number of nitrogens with one attached hydrogen (secondary N) is 1. The minimum absolute atomic E-state index is 0.461. The summed E-state index contributed by atoms with van der Waals surface area (Å²) in [4.78, 5) is 0. The molecule has 0 aliphatic carbocycles. The molecule has 1 atom stereocenters. The van der Waals surface area contributed by atoms with Crippen LogP contribution in [0, 0.1) is 0 Å². The SMILES string of the molecule is CC(CNCc1c(Cl)oc2ccccc12)c1ccccc1. The van der Waals surface area contributed by atoms with Gasteiger partial charge in [-0.25, -0.2) is 0 Å². The van der Waals surface area contributed by atoms with Crippen molar-refractivity contribution in [2.75, 3.05) is 6.54 Å². The number of hydrogen-bond acceptors (Lipinski definition) is 2. The maximum absolute atomic E-state index is 6.19. The molecule has 1 aromatic heterocycles. The average molecular weight is 300 g/mol. The van der Waals surface area contributed by atoms with Crippen molar-refractivity contribution in [3.8, 4) is 0 Å². The first-order valence-corrected chi connectivity index (χ1v) is 7.55. The Morgan fingerprint density at radius 2 is 1.76 bits per heavy atom. The van der Waals surface area contributed by atoms with E-state index in [9.17, 15) is 0 Å². The molecule has 0 fully saturated rings. The second-order valence-corrected chi connectivity index (χ2v) is 5.64. The van der Waals surface area contributed by atoms with Gasteiger partial charge < -0.3 is 9.73 Å². The Labute approximate surface area is 129 Å². The molecule has 108 valence electrons. The molecule has 0 spiro atoms. The van der Waals surface area contributed by atoms with Crippen LogP contribution in [0.15, 0.2) is 59.0 Å². The first-order valence-electron chi connectivity index (χ1n) is 7.17. The van der Waals surface area contributed by atoms with Crippen LogP contribution in [-0.2, 0) is 6.54 Å². The van der Waals surface area contributed by atoms with Gasteiger partial charge in [0.2, 0.25) is 0 Å². The molecular weight excluding hydrogens is 282 g/mol. The standard InChI is InChI=1S/C18H18ClNO/c1-13(14-7-3-2-4-8-14)11-20-12-16-15-9-5-6-10-17(15)21-18(16)19/h2-10,13,20H,11-12H2,1H3. The summed E-state index contributed by atoms with van der Waals surface area (Å²) in [6.07, 6.45) is 0. The summed E-state index contributed by atoms with van der Waals surface area (Å²) in [6, 6.07) is 18.5. The normalized spacial score (nSPS) is 12.7. The molecule has 1 unspecified atom stereocenters. The Morgan fingerprint density at radius 1 is 1.05 bits per heavy atom. The van der Waals surface area contributed by atoms with E-state index in [0.29, 0.717) is 17.7 Å². The van der Waals surface area contributed by atoms with Crippen LogP contribution in [0.4, 0.5) is 0 Å². The number of benzene rings is 2. The van der Waals surface area contributed by atoms with Crippen LogP contribution in [0.25, 0.3) is 11.0 Å². The molecule has 21 heavy (non-hydrogen) atoms. The smallest absolute Gasteiger partial charge is 0.199 e. The van der Waals surface area contributed by atoms with E-state index in [1.807, 2.05) is 30.3 Å². The molecule has 0 saturated heterocycles. The van der Waals surface area contributed by atoms with Crippen LogP contribution in [0.2, 0.25) is 5.22 Å². The quantitative estimate of drug-likeness (QED) is 0.719. The van der Waals surface area contributed by atoms with Gasteiger partial charge in [0.15, 0.2) is 5.22 Å². The van der Waals surface area contributed by atoms with E-state index in [2.05, 4.69) is 36.5 Å². The maximum Gasteiger partial charge on any atom is 0.199 e. The lowest BCUT2D eigenvalue weighted by Gasteiger charge is -2.12. The maximum atomic E-state index is 6.19. The van der Waals surface area contributed by atoms with Gasteiger partial charge in [-0.3, -0.25) is 0 Å². The van der Waals surface area contributed by atoms with Crippen LogP contribution in [-0.4, -0.2) is 6.54 Å². The zero-order valence-corrected chi connectivity index (χ0v) is 12.7. The number of hydrogen-bond donors (Lipinski definition) is 1.